The molecule has 134 valence electrons. The Morgan fingerprint density at radius 1 is 0.923 bits per heavy atom. The highest BCUT2D eigenvalue weighted by atomic mass is 35.5. The minimum atomic E-state index is -3.74. The van der Waals surface area contributed by atoms with Gasteiger partial charge in [-0.2, -0.15) is 0 Å². The summed E-state index contributed by atoms with van der Waals surface area (Å²) in [6.45, 7) is 0.182. The number of halogens is 1. The summed E-state index contributed by atoms with van der Waals surface area (Å²) in [5.74, 6) is 0.717. The van der Waals surface area contributed by atoms with Gasteiger partial charge in [0.2, 0.25) is 0 Å². The van der Waals surface area contributed by atoms with E-state index in [2.05, 4.69) is 0 Å². The molecule has 0 N–H and O–H groups in total. The number of rotatable bonds is 6. The molecule has 0 aliphatic heterocycles. The van der Waals surface area contributed by atoms with E-state index in [0.717, 1.165) is 5.56 Å². The van der Waals surface area contributed by atoms with Crippen molar-refractivity contribution >= 4 is 27.3 Å². The number of ether oxygens (including phenoxy) is 1. The Balaban J connectivity index is 2.04. The molecule has 3 aromatic carbocycles. The van der Waals surface area contributed by atoms with Crippen molar-refractivity contribution in [2.75, 3.05) is 11.4 Å². The van der Waals surface area contributed by atoms with E-state index >= 15 is 0 Å². The first-order valence-electron chi connectivity index (χ1n) is 7.97. The number of nitrogens with zero attached hydrogens (tertiary/aromatic N) is 1. The standard InChI is InChI=1S/C20H18ClNO3S/c1-25-19-12-10-16(11-13-19)15-22(18-7-5-6-17(21)14-18)26(23,24)20-8-3-2-4-9-20/h2-14H,15H2,1H3. The summed E-state index contributed by atoms with van der Waals surface area (Å²) >= 11 is 6.09. The van der Waals surface area contributed by atoms with Crippen molar-refractivity contribution in [2.45, 2.75) is 11.4 Å². The molecule has 0 saturated heterocycles. The Bertz CT molecular complexity index is 973. The zero-order chi connectivity index (χ0) is 18.6. The lowest BCUT2D eigenvalue weighted by molar-refractivity contribution is 0.414. The lowest BCUT2D eigenvalue weighted by atomic mass is 10.2. The van der Waals surface area contributed by atoms with E-state index in [1.165, 1.54) is 4.31 Å². The Kier molecular flexibility index (Phi) is 5.49. The second kappa shape index (κ2) is 7.81. The minimum Gasteiger partial charge on any atom is -0.497 e. The van der Waals surface area contributed by atoms with Crippen LogP contribution in [0.25, 0.3) is 0 Å². The summed E-state index contributed by atoms with van der Waals surface area (Å²) in [6, 6.07) is 22.5. The van der Waals surface area contributed by atoms with Gasteiger partial charge >= 0.3 is 0 Å². The zero-order valence-corrected chi connectivity index (χ0v) is 15.7. The maximum absolute atomic E-state index is 13.2. The largest absolute Gasteiger partial charge is 0.497 e. The van der Waals surface area contributed by atoms with E-state index in [1.54, 1.807) is 73.8 Å². The Hall–Kier alpha value is -2.50. The maximum atomic E-state index is 13.2. The van der Waals surface area contributed by atoms with Gasteiger partial charge in [-0.3, -0.25) is 4.31 Å². The molecule has 0 spiro atoms. The van der Waals surface area contributed by atoms with Crippen LogP contribution >= 0.6 is 11.6 Å². The van der Waals surface area contributed by atoms with Gasteiger partial charge < -0.3 is 4.74 Å². The predicted molar refractivity (Wildman–Crippen MR) is 104 cm³/mol. The van der Waals surface area contributed by atoms with E-state index < -0.39 is 10.0 Å². The van der Waals surface area contributed by atoms with Crippen LogP contribution in [-0.2, 0) is 16.6 Å². The first-order valence-corrected chi connectivity index (χ1v) is 9.79. The van der Waals surface area contributed by atoms with Crippen LogP contribution in [0.2, 0.25) is 5.02 Å². The first-order chi connectivity index (χ1) is 12.5. The summed E-state index contributed by atoms with van der Waals surface area (Å²) in [5.41, 5.74) is 1.35. The molecular formula is C20H18ClNO3S. The molecule has 0 atom stereocenters. The van der Waals surface area contributed by atoms with Crippen molar-refractivity contribution in [3.05, 3.63) is 89.4 Å². The topological polar surface area (TPSA) is 46.6 Å². The molecule has 0 bridgehead atoms. The van der Waals surface area contributed by atoms with Crippen LogP contribution in [0.3, 0.4) is 0 Å². The molecule has 3 rings (SSSR count). The number of sulfonamides is 1. The van der Waals surface area contributed by atoms with Gasteiger partial charge in [-0.05, 0) is 48.0 Å². The van der Waals surface area contributed by atoms with Gasteiger partial charge in [0.1, 0.15) is 5.75 Å². The van der Waals surface area contributed by atoms with Crippen molar-refractivity contribution in [3.63, 3.8) is 0 Å². The molecular weight excluding hydrogens is 370 g/mol. The summed E-state index contributed by atoms with van der Waals surface area (Å²) in [4.78, 5) is 0.230. The quantitative estimate of drug-likeness (QED) is 0.613. The number of methoxy groups -OCH3 is 1. The summed E-state index contributed by atoms with van der Waals surface area (Å²) in [5, 5.41) is 0.477. The van der Waals surface area contributed by atoms with Crippen LogP contribution in [-0.4, -0.2) is 15.5 Å². The van der Waals surface area contributed by atoms with Crippen LogP contribution in [0.15, 0.2) is 83.8 Å². The van der Waals surface area contributed by atoms with E-state index in [0.29, 0.717) is 16.5 Å². The molecule has 4 nitrogen and oxygen atoms in total. The first kappa shape index (κ1) is 18.3. The summed E-state index contributed by atoms with van der Waals surface area (Å²) < 4.78 is 33.0. The highest BCUT2D eigenvalue weighted by molar-refractivity contribution is 7.92. The van der Waals surface area contributed by atoms with Gasteiger partial charge in [0, 0.05) is 5.02 Å². The highest BCUT2D eigenvalue weighted by Crippen LogP contribution is 2.28. The second-order valence-electron chi connectivity index (χ2n) is 5.65. The fourth-order valence-corrected chi connectivity index (χ4v) is 4.21. The molecule has 0 aromatic heterocycles. The van der Waals surface area contributed by atoms with Gasteiger partial charge in [0.05, 0.1) is 24.2 Å². The van der Waals surface area contributed by atoms with Crippen LogP contribution in [0, 0.1) is 0 Å². The Labute approximate surface area is 158 Å². The van der Waals surface area contributed by atoms with Crippen LogP contribution in [0.1, 0.15) is 5.56 Å². The van der Waals surface area contributed by atoms with Crippen molar-refractivity contribution in [1.82, 2.24) is 0 Å². The summed E-state index contributed by atoms with van der Waals surface area (Å²) in [6.07, 6.45) is 0. The molecule has 0 saturated carbocycles. The number of benzene rings is 3. The van der Waals surface area contributed by atoms with E-state index in [4.69, 9.17) is 16.3 Å². The van der Waals surface area contributed by atoms with Crippen LogP contribution in [0.5, 0.6) is 5.75 Å². The molecule has 26 heavy (non-hydrogen) atoms. The van der Waals surface area contributed by atoms with E-state index in [1.807, 2.05) is 12.1 Å². The second-order valence-corrected chi connectivity index (χ2v) is 7.95. The van der Waals surface area contributed by atoms with Gasteiger partial charge in [-0.1, -0.05) is 48.0 Å². The molecule has 0 heterocycles. The Morgan fingerprint density at radius 3 is 2.23 bits per heavy atom. The lowest BCUT2D eigenvalue weighted by Crippen LogP contribution is -2.30. The molecule has 0 radical (unpaired) electrons. The zero-order valence-electron chi connectivity index (χ0n) is 14.2. The van der Waals surface area contributed by atoms with Crippen LogP contribution in [0.4, 0.5) is 5.69 Å². The number of hydrogen-bond donors (Lipinski definition) is 0. The molecule has 0 aliphatic rings. The van der Waals surface area contributed by atoms with Crippen molar-refractivity contribution in [2.24, 2.45) is 0 Å². The molecule has 6 heteroatoms. The maximum Gasteiger partial charge on any atom is 0.264 e. The molecule has 3 aromatic rings. The SMILES string of the molecule is COc1ccc(CN(c2cccc(Cl)c2)S(=O)(=O)c2ccccc2)cc1. The molecule has 0 fully saturated rings. The minimum absolute atomic E-state index is 0.182. The number of hydrogen-bond acceptors (Lipinski definition) is 3. The van der Waals surface area contributed by atoms with E-state index in [-0.39, 0.29) is 11.4 Å². The monoisotopic (exact) mass is 387 g/mol. The number of anilines is 1. The van der Waals surface area contributed by atoms with Crippen molar-refractivity contribution < 1.29 is 13.2 Å². The average Bonchev–Trinajstić information content (AvgIpc) is 2.67. The van der Waals surface area contributed by atoms with Crippen molar-refractivity contribution in [1.29, 1.82) is 0 Å². The van der Waals surface area contributed by atoms with Crippen molar-refractivity contribution in [3.8, 4) is 5.75 Å². The lowest BCUT2D eigenvalue weighted by Gasteiger charge is -2.25. The van der Waals surface area contributed by atoms with Gasteiger partial charge in [-0.25, -0.2) is 8.42 Å². The van der Waals surface area contributed by atoms with E-state index in [9.17, 15) is 8.42 Å². The predicted octanol–water partition coefficient (Wildman–Crippen LogP) is 4.74. The fraction of sp³-hybridized carbons (Fsp3) is 0.100. The highest BCUT2D eigenvalue weighted by Gasteiger charge is 2.25. The molecule has 0 aliphatic carbocycles. The fourth-order valence-electron chi connectivity index (χ4n) is 2.56. The summed E-state index contributed by atoms with van der Waals surface area (Å²) in [7, 11) is -2.15. The smallest absolute Gasteiger partial charge is 0.264 e. The average molecular weight is 388 g/mol. The van der Waals surface area contributed by atoms with Gasteiger partial charge in [0.25, 0.3) is 10.0 Å². The molecule has 0 unspecified atom stereocenters. The van der Waals surface area contributed by atoms with Gasteiger partial charge in [-0.15, -0.1) is 0 Å². The third-order valence-electron chi connectivity index (χ3n) is 3.91. The van der Waals surface area contributed by atoms with Gasteiger partial charge in [0.15, 0.2) is 0 Å². The third-order valence-corrected chi connectivity index (χ3v) is 5.94. The third kappa shape index (κ3) is 4.00. The molecule has 0 amide bonds. The van der Waals surface area contributed by atoms with Crippen LogP contribution < -0.4 is 9.04 Å². The normalized spacial score (nSPS) is 11.2. The Morgan fingerprint density at radius 2 is 1.62 bits per heavy atom.